The zero-order valence-electron chi connectivity index (χ0n) is 9.63. The second-order valence-electron chi connectivity index (χ2n) is 4.92. The Balaban J connectivity index is 1.80. The summed E-state index contributed by atoms with van der Waals surface area (Å²) in [7, 11) is 0. The molecule has 1 aromatic rings. The van der Waals surface area contributed by atoms with Gasteiger partial charge in [-0.2, -0.15) is 0 Å². The summed E-state index contributed by atoms with van der Waals surface area (Å²) in [5.41, 5.74) is 0.400. The zero-order valence-corrected chi connectivity index (χ0v) is 9.63. The van der Waals surface area contributed by atoms with E-state index in [1.165, 1.54) is 18.9 Å². The molecule has 0 aromatic heterocycles. The lowest BCUT2D eigenvalue weighted by Crippen LogP contribution is -2.52. The van der Waals surface area contributed by atoms with E-state index in [1.54, 1.807) is 12.1 Å². The molecule has 92 valence electrons. The maximum Gasteiger partial charge on any atom is 0.182 e. The van der Waals surface area contributed by atoms with Crippen molar-refractivity contribution >= 4 is 5.69 Å². The number of piperazine rings is 1. The number of benzene rings is 1. The van der Waals surface area contributed by atoms with Crippen molar-refractivity contribution in [1.82, 2.24) is 5.32 Å². The van der Waals surface area contributed by atoms with Crippen LogP contribution in [0.2, 0.25) is 0 Å². The number of nitrogens with zero attached hydrogens (tertiary/aromatic N) is 1. The summed E-state index contributed by atoms with van der Waals surface area (Å²) in [5, 5.41) is 3.46. The molecule has 1 aliphatic heterocycles. The topological polar surface area (TPSA) is 15.3 Å². The highest BCUT2D eigenvalue weighted by atomic mass is 19.2. The van der Waals surface area contributed by atoms with Gasteiger partial charge in [0, 0.05) is 25.7 Å². The van der Waals surface area contributed by atoms with Crippen LogP contribution in [-0.2, 0) is 0 Å². The lowest BCUT2D eigenvalue weighted by molar-refractivity contribution is 0.413. The summed E-state index contributed by atoms with van der Waals surface area (Å²) in [5.74, 6) is -0.748. The van der Waals surface area contributed by atoms with Gasteiger partial charge in [0.05, 0.1) is 5.69 Å². The first-order chi connectivity index (χ1) is 8.25. The molecule has 1 aromatic carbocycles. The number of nitrogens with one attached hydrogen (secondary N) is 1. The van der Waals surface area contributed by atoms with Crippen LogP contribution in [0.25, 0.3) is 0 Å². The van der Waals surface area contributed by atoms with Crippen molar-refractivity contribution in [3.63, 3.8) is 0 Å². The predicted octanol–water partition coefficient (Wildman–Crippen LogP) is 2.15. The molecule has 1 heterocycles. The Morgan fingerprint density at radius 2 is 2.06 bits per heavy atom. The van der Waals surface area contributed by atoms with Gasteiger partial charge in [-0.05, 0) is 30.9 Å². The van der Waals surface area contributed by atoms with Crippen molar-refractivity contribution in [2.24, 2.45) is 5.92 Å². The van der Waals surface area contributed by atoms with Gasteiger partial charge < -0.3 is 10.2 Å². The van der Waals surface area contributed by atoms with Crippen LogP contribution in [-0.4, -0.2) is 25.7 Å². The molecular weight excluding hydrogens is 222 g/mol. The van der Waals surface area contributed by atoms with Gasteiger partial charge in [-0.1, -0.05) is 6.07 Å². The molecule has 1 aliphatic carbocycles. The van der Waals surface area contributed by atoms with Crippen LogP contribution in [0.5, 0.6) is 0 Å². The van der Waals surface area contributed by atoms with Crippen molar-refractivity contribution in [2.45, 2.75) is 18.9 Å². The van der Waals surface area contributed by atoms with E-state index in [4.69, 9.17) is 0 Å². The fourth-order valence-corrected chi connectivity index (χ4v) is 2.55. The fourth-order valence-electron chi connectivity index (χ4n) is 2.55. The standard InChI is InChI=1S/C13H16F2N2/c14-10-2-1-3-12(13(10)15)17-7-6-16-11(8-17)9-4-5-9/h1-3,9,11,16H,4-8H2. The van der Waals surface area contributed by atoms with Crippen molar-refractivity contribution < 1.29 is 8.78 Å². The minimum Gasteiger partial charge on any atom is -0.366 e. The third-order valence-electron chi connectivity index (χ3n) is 3.67. The second-order valence-corrected chi connectivity index (χ2v) is 4.92. The van der Waals surface area contributed by atoms with Crippen molar-refractivity contribution in [3.8, 4) is 0 Å². The smallest absolute Gasteiger partial charge is 0.182 e. The first kappa shape index (κ1) is 11.0. The monoisotopic (exact) mass is 238 g/mol. The van der Waals surface area contributed by atoms with Gasteiger partial charge in [0.2, 0.25) is 0 Å². The van der Waals surface area contributed by atoms with E-state index in [0.29, 0.717) is 11.7 Å². The number of hydrogen-bond acceptors (Lipinski definition) is 2. The second kappa shape index (κ2) is 4.26. The van der Waals surface area contributed by atoms with E-state index < -0.39 is 11.6 Å². The molecule has 1 N–H and O–H groups in total. The summed E-state index contributed by atoms with van der Waals surface area (Å²) in [6, 6.07) is 4.83. The van der Waals surface area contributed by atoms with E-state index in [9.17, 15) is 8.78 Å². The maximum atomic E-state index is 13.7. The lowest BCUT2D eigenvalue weighted by Gasteiger charge is -2.35. The molecule has 3 rings (SSSR count). The Kier molecular flexibility index (Phi) is 2.74. The van der Waals surface area contributed by atoms with E-state index in [1.807, 2.05) is 4.90 Å². The highest BCUT2D eigenvalue weighted by molar-refractivity contribution is 5.48. The Morgan fingerprint density at radius 1 is 1.24 bits per heavy atom. The molecule has 2 fully saturated rings. The molecule has 0 spiro atoms. The van der Waals surface area contributed by atoms with Gasteiger partial charge in [0.25, 0.3) is 0 Å². The Labute approximate surface area is 99.6 Å². The Morgan fingerprint density at radius 3 is 2.82 bits per heavy atom. The third kappa shape index (κ3) is 2.14. The average Bonchev–Trinajstić information content (AvgIpc) is 3.17. The van der Waals surface area contributed by atoms with Gasteiger partial charge in [-0.25, -0.2) is 8.78 Å². The summed E-state index contributed by atoms with van der Waals surface area (Å²) in [6.07, 6.45) is 2.52. The molecular formula is C13H16F2N2. The molecule has 1 unspecified atom stereocenters. The Bertz CT molecular complexity index is 418. The van der Waals surface area contributed by atoms with E-state index in [-0.39, 0.29) is 0 Å². The van der Waals surface area contributed by atoms with Crippen LogP contribution in [0.15, 0.2) is 18.2 Å². The van der Waals surface area contributed by atoms with E-state index in [0.717, 1.165) is 25.6 Å². The summed E-state index contributed by atoms with van der Waals surface area (Å²) < 4.78 is 26.9. The highest BCUT2D eigenvalue weighted by Gasteiger charge is 2.34. The summed E-state index contributed by atoms with van der Waals surface area (Å²) >= 11 is 0. The number of rotatable bonds is 2. The minimum absolute atomic E-state index is 0.400. The summed E-state index contributed by atoms with van der Waals surface area (Å²) in [6.45, 7) is 2.37. The van der Waals surface area contributed by atoms with Crippen molar-refractivity contribution in [1.29, 1.82) is 0 Å². The first-order valence-corrected chi connectivity index (χ1v) is 6.18. The SMILES string of the molecule is Fc1cccc(N2CCNC(C3CC3)C2)c1F. The highest BCUT2D eigenvalue weighted by Crippen LogP contribution is 2.34. The van der Waals surface area contributed by atoms with Crippen molar-refractivity contribution in [2.75, 3.05) is 24.5 Å². The van der Waals surface area contributed by atoms with Crippen LogP contribution < -0.4 is 10.2 Å². The van der Waals surface area contributed by atoms with E-state index in [2.05, 4.69) is 5.32 Å². The number of hydrogen-bond donors (Lipinski definition) is 1. The quantitative estimate of drug-likeness (QED) is 0.849. The maximum absolute atomic E-state index is 13.7. The predicted molar refractivity (Wildman–Crippen MR) is 63.1 cm³/mol. The third-order valence-corrected chi connectivity index (χ3v) is 3.67. The summed E-state index contributed by atoms with van der Waals surface area (Å²) in [4.78, 5) is 1.96. The number of anilines is 1. The molecule has 1 atom stereocenters. The molecule has 0 radical (unpaired) electrons. The number of halogens is 2. The lowest BCUT2D eigenvalue weighted by atomic mass is 10.1. The molecule has 1 saturated carbocycles. The van der Waals surface area contributed by atoms with Gasteiger partial charge in [0.15, 0.2) is 11.6 Å². The molecule has 2 nitrogen and oxygen atoms in total. The fraction of sp³-hybridized carbons (Fsp3) is 0.538. The normalized spacial score (nSPS) is 25.1. The minimum atomic E-state index is -0.760. The Hall–Kier alpha value is -1.16. The molecule has 0 amide bonds. The van der Waals surface area contributed by atoms with Crippen LogP contribution in [0.1, 0.15) is 12.8 Å². The van der Waals surface area contributed by atoms with Crippen molar-refractivity contribution in [3.05, 3.63) is 29.8 Å². The molecule has 17 heavy (non-hydrogen) atoms. The van der Waals surface area contributed by atoms with Gasteiger partial charge in [-0.3, -0.25) is 0 Å². The molecule has 4 heteroatoms. The van der Waals surface area contributed by atoms with Crippen LogP contribution >= 0.6 is 0 Å². The van der Waals surface area contributed by atoms with Crippen LogP contribution in [0, 0.1) is 17.6 Å². The van der Waals surface area contributed by atoms with Gasteiger partial charge >= 0.3 is 0 Å². The van der Waals surface area contributed by atoms with E-state index >= 15 is 0 Å². The van der Waals surface area contributed by atoms with Crippen LogP contribution in [0.4, 0.5) is 14.5 Å². The average molecular weight is 238 g/mol. The van der Waals surface area contributed by atoms with Gasteiger partial charge in [-0.15, -0.1) is 0 Å². The van der Waals surface area contributed by atoms with Gasteiger partial charge in [0.1, 0.15) is 0 Å². The zero-order chi connectivity index (χ0) is 11.8. The van der Waals surface area contributed by atoms with Crippen LogP contribution in [0.3, 0.4) is 0 Å². The molecule has 2 aliphatic rings. The first-order valence-electron chi connectivity index (χ1n) is 6.18. The molecule has 0 bridgehead atoms. The molecule has 1 saturated heterocycles. The largest absolute Gasteiger partial charge is 0.366 e.